The van der Waals surface area contributed by atoms with E-state index in [1.807, 2.05) is 39.0 Å². The van der Waals surface area contributed by atoms with Crippen LogP contribution in [0.1, 0.15) is 78.3 Å². The minimum absolute atomic E-state index is 0.0795. The van der Waals surface area contributed by atoms with Gasteiger partial charge in [0.05, 0.1) is 22.5 Å². The number of pyridine rings is 1. The summed E-state index contributed by atoms with van der Waals surface area (Å²) in [5.41, 5.74) is 3.60. The van der Waals surface area contributed by atoms with Crippen LogP contribution in [0.2, 0.25) is 0 Å². The van der Waals surface area contributed by atoms with E-state index in [0.717, 1.165) is 49.2 Å². The Morgan fingerprint density at radius 1 is 1.19 bits per heavy atom. The third-order valence-electron chi connectivity index (χ3n) is 6.26. The monoisotopic (exact) mass is 498 g/mol. The number of aromatic nitrogens is 3. The number of nitrogens with one attached hydrogen (secondary N) is 2. The first-order valence-electron chi connectivity index (χ1n) is 12.0. The number of hydrogen-bond acceptors (Lipinski definition) is 4. The summed E-state index contributed by atoms with van der Waals surface area (Å²) in [6, 6.07) is 9.60. The highest BCUT2D eigenvalue weighted by molar-refractivity contribution is 5.96. The SMILES string of the molecule is Cc1n[nH]c(C(C)C)c1C(=O)NC1CCC(=Cc2cccc(Oc3ccc(C(F)(F)F)cn3)c2)CC1. The van der Waals surface area contributed by atoms with Crippen molar-refractivity contribution in [3.8, 4) is 11.6 Å². The smallest absolute Gasteiger partial charge is 0.417 e. The van der Waals surface area contributed by atoms with Gasteiger partial charge >= 0.3 is 6.18 Å². The maximum atomic E-state index is 12.9. The summed E-state index contributed by atoms with van der Waals surface area (Å²) in [6.45, 7) is 5.90. The maximum absolute atomic E-state index is 12.9. The molecule has 0 bridgehead atoms. The molecule has 3 aromatic rings. The van der Waals surface area contributed by atoms with Crippen LogP contribution in [0, 0.1) is 6.92 Å². The van der Waals surface area contributed by atoms with Gasteiger partial charge < -0.3 is 10.1 Å². The second-order valence-electron chi connectivity index (χ2n) is 9.36. The Kier molecular flexibility index (Phi) is 7.47. The van der Waals surface area contributed by atoms with Crippen LogP contribution in [-0.2, 0) is 6.18 Å². The zero-order valence-corrected chi connectivity index (χ0v) is 20.4. The predicted octanol–water partition coefficient (Wildman–Crippen LogP) is 6.80. The Morgan fingerprint density at radius 3 is 2.58 bits per heavy atom. The van der Waals surface area contributed by atoms with E-state index in [4.69, 9.17) is 4.74 Å². The largest absolute Gasteiger partial charge is 0.439 e. The number of amides is 1. The van der Waals surface area contributed by atoms with Crippen molar-refractivity contribution >= 4 is 12.0 Å². The Morgan fingerprint density at radius 2 is 1.94 bits per heavy atom. The van der Waals surface area contributed by atoms with E-state index in [1.54, 1.807) is 6.07 Å². The number of carbonyl (C=O) groups excluding carboxylic acids is 1. The van der Waals surface area contributed by atoms with Crippen LogP contribution < -0.4 is 10.1 Å². The first-order valence-corrected chi connectivity index (χ1v) is 12.0. The third kappa shape index (κ3) is 6.13. The number of nitrogens with zero attached hydrogens (tertiary/aromatic N) is 2. The molecule has 190 valence electrons. The van der Waals surface area contributed by atoms with E-state index in [1.165, 1.54) is 11.6 Å². The van der Waals surface area contributed by atoms with Gasteiger partial charge in [-0.25, -0.2) is 4.98 Å². The van der Waals surface area contributed by atoms with Crippen LogP contribution >= 0.6 is 0 Å². The van der Waals surface area contributed by atoms with Gasteiger partial charge in [-0.15, -0.1) is 0 Å². The summed E-state index contributed by atoms with van der Waals surface area (Å²) in [7, 11) is 0. The number of hydrogen-bond donors (Lipinski definition) is 2. The Labute approximate surface area is 208 Å². The van der Waals surface area contributed by atoms with E-state index in [9.17, 15) is 18.0 Å². The summed E-state index contributed by atoms with van der Waals surface area (Å²) in [5, 5.41) is 10.3. The predicted molar refractivity (Wildman–Crippen MR) is 131 cm³/mol. The van der Waals surface area contributed by atoms with E-state index >= 15 is 0 Å². The summed E-state index contributed by atoms with van der Waals surface area (Å²) in [5.74, 6) is 0.693. The first kappa shape index (κ1) is 25.5. The average Bonchev–Trinajstić information content (AvgIpc) is 3.22. The maximum Gasteiger partial charge on any atom is 0.417 e. The van der Waals surface area contributed by atoms with Gasteiger partial charge in [0, 0.05) is 18.3 Å². The Balaban J connectivity index is 1.35. The topological polar surface area (TPSA) is 79.9 Å². The van der Waals surface area contributed by atoms with Crippen molar-refractivity contribution in [2.75, 3.05) is 0 Å². The average molecular weight is 499 g/mol. The van der Waals surface area contributed by atoms with Gasteiger partial charge in [-0.3, -0.25) is 9.89 Å². The van der Waals surface area contributed by atoms with E-state index < -0.39 is 11.7 Å². The van der Waals surface area contributed by atoms with Gasteiger partial charge in [-0.2, -0.15) is 18.3 Å². The van der Waals surface area contributed by atoms with Gasteiger partial charge in [0.2, 0.25) is 5.88 Å². The molecule has 1 aliphatic rings. The Bertz CT molecular complexity index is 1240. The number of ether oxygens (including phenoxy) is 1. The van der Waals surface area contributed by atoms with Crippen molar-refractivity contribution in [2.45, 2.75) is 64.6 Å². The molecular formula is C27H29F3N4O2. The summed E-state index contributed by atoms with van der Waals surface area (Å²) in [6.07, 6.45) is 1.83. The molecule has 1 amide bonds. The van der Waals surface area contributed by atoms with Crippen molar-refractivity contribution in [3.05, 3.63) is 76.2 Å². The van der Waals surface area contributed by atoms with E-state index in [-0.39, 0.29) is 23.7 Å². The van der Waals surface area contributed by atoms with Gasteiger partial charge in [0.15, 0.2) is 0 Å². The molecule has 1 fully saturated rings. The fourth-order valence-corrected chi connectivity index (χ4v) is 4.32. The highest BCUT2D eigenvalue weighted by atomic mass is 19.4. The molecule has 0 saturated heterocycles. The quantitative estimate of drug-likeness (QED) is 0.392. The van der Waals surface area contributed by atoms with Crippen molar-refractivity contribution < 1.29 is 22.7 Å². The first-order chi connectivity index (χ1) is 17.1. The molecule has 2 N–H and O–H groups in total. The second-order valence-corrected chi connectivity index (χ2v) is 9.36. The molecule has 0 atom stereocenters. The van der Waals surface area contributed by atoms with Crippen LogP contribution in [0.5, 0.6) is 11.6 Å². The fraction of sp³-hybridized carbons (Fsp3) is 0.370. The standard InChI is InChI=1S/C27H29F3N4O2/c1-16(2)25-24(17(3)33-34-25)26(35)32-21-10-7-18(8-11-21)13-19-5-4-6-22(14-19)36-23-12-9-20(15-31-23)27(28,29)30/h4-6,9,12-16,21H,7-8,10-11H2,1-3H3,(H,32,35)(H,33,34). The number of rotatable bonds is 6. The molecule has 1 saturated carbocycles. The van der Waals surface area contributed by atoms with E-state index in [0.29, 0.717) is 17.0 Å². The number of allylic oxidation sites excluding steroid dienone is 1. The minimum atomic E-state index is -4.44. The van der Waals surface area contributed by atoms with Gasteiger partial charge in [-0.1, -0.05) is 37.6 Å². The van der Waals surface area contributed by atoms with Crippen molar-refractivity contribution in [2.24, 2.45) is 0 Å². The number of benzene rings is 1. The second kappa shape index (κ2) is 10.6. The number of halogens is 3. The molecule has 1 aliphatic carbocycles. The van der Waals surface area contributed by atoms with Crippen LogP contribution in [0.25, 0.3) is 6.08 Å². The van der Waals surface area contributed by atoms with E-state index in [2.05, 4.69) is 26.6 Å². The number of alkyl halides is 3. The fourth-order valence-electron chi connectivity index (χ4n) is 4.32. The number of carbonyl (C=O) groups is 1. The molecule has 2 heterocycles. The molecule has 2 aromatic heterocycles. The molecule has 1 aromatic carbocycles. The highest BCUT2D eigenvalue weighted by Crippen LogP contribution is 2.31. The van der Waals surface area contributed by atoms with Crippen LogP contribution in [-0.4, -0.2) is 27.1 Å². The normalized spacial score (nSPS) is 16.2. The molecule has 9 heteroatoms. The lowest BCUT2D eigenvalue weighted by molar-refractivity contribution is -0.137. The summed E-state index contributed by atoms with van der Waals surface area (Å²) < 4.78 is 43.8. The van der Waals surface area contributed by atoms with Crippen molar-refractivity contribution in [1.82, 2.24) is 20.5 Å². The summed E-state index contributed by atoms with van der Waals surface area (Å²) >= 11 is 0. The molecule has 0 radical (unpaired) electrons. The lowest BCUT2D eigenvalue weighted by Gasteiger charge is -2.25. The van der Waals surface area contributed by atoms with Gasteiger partial charge in [0.1, 0.15) is 5.75 Å². The number of aryl methyl sites for hydroxylation is 1. The van der Waals surface area contributed by atoms with Crippen molar-refractivity contribution in [3.63, 3.8) is 0 Å². The lowest BCUT2D eigenvalue weighted by atomic mass is 9.89. The molecular weight excluding hydrogens is 469 g/mol. The molecule has 36 heavy (non-hydrogen) atoms. The van der Waals surface area contributed by atoms with Gasteiger partial charge in [-0.05, 0) is 62.3 Å². The van der Waals surface area contributed by atoms with Crippen LogP contribution in [0.4, 0.5) is 13.2 Å². The summed E-state index contributed by atoms with van der Waals surface area (Å²) in [4.78, 5) is 16.6. The number of aromatic amines is 1. The molecule has 6 nitrogen and oxygen atoms in total. The Hall–Kier alpha value is -3.62. The molecule has 4 rings (SSSR count). The van der Waals surface area contributed by atoms with Crippen LogP contribution in [0.15, 0.2) is 48.2 Å². The lowest BCUT2D eigenvalue weighted by Crippen LogP contribution is -2.37. The molecule has 0 spiro atoms. The highest BCUT2D eigenvalue weighted by Gasteiger charge is 2.30. The van der Waals surface area contributed by atoms with Gasteiger partial charge in [0.25, 0.3) is 5.91 Å². The minimum Gasteiger partial charge on any atom is -0.439 e. The van der Waals surface area contributed by atoms with Crippen molar-refractivity contribution in [1.29, 1.82) is 0 Å². The zero-order valence-electron chi connectivity index (χ0n) is 20.4. The molecule has 0 aliphatic heterocycles. The van der Waals surface area contributed by atoms with Crippen LogP contribution in [0.3, 0.4) is 0 Å². The zero-order chi connectivity index (χ0) is 25.9. The number of H-pyrrole nitrogens is 1. The third-order valence-corrected chi connectivity index (χ3v) is 6.26. The molecule has 0 unspecified atom stereocenters.